The molecule has 1 aliphatic heterocycles. The number of hydrogen-bond donors (Lipinski definition) is 2. The number of nitrogens with one attached hydrogen (secondary N) is 2. The molecule has 1 amide bonds. The highest BCUT2D eigenvalue weighted by Gasteiger charge is 2.15. The predicted octanol–water partition coefficient (Wildman–Crippen LogP) is 2.33. The van der Waals surface area contributed by atoms with Gasteiger partial charge in [0.05, 0.1) is 18.8 Å². The van der Waals surface area contributed by atoms with Crippen LogP contribution >= 0.6 is 0 Å². The van der Waals surface area contributed by atoms with E-state index >= 15 is 0 Å². The predicted molar refractivity (Wildman–Crippen MR) is 90.4 cm³/mol. The molecule has 3 rings (SSSR count). The maximum absolute atomic E-state index is 12.2. The number of anilines is 2. The van der Waals surface area contributed by atoms with Crippen LogP contribution in [0.5, 0.6) is 5.75 Å². The third-order valence-corrected chi connectivity index (χ3v) is 3.75. The lowest BCUT2D eigenvalue weighted by molar-refractivity contribution is 0.102. The van der Waals surface area contributed by atoms with Crippen molar-refractivity contribution in [1.82, 2.24) is 9.97 Å². The molecule has 0 bridgehead atoms. The minimum Gasteiger partial charge on any atom is -0.497 e. The van der Waals surface area contributed by atoms with Gasteiger partial charge in [0, 0.05) is 37.3 Å². The molecule has 7 heteroatoms. The Hall–Kier alpha value is -2.67. The lowest BCUT2D eigenvalue weighted by atomic mass is 10.2. The first-order valence-electron chi connectivity index (χ1n) is 7.87. The van der Waals surface area contributed by atoms with E-state index < -0.39 is 0 Å². The van der Waals surface area contributed by atoms with Gasteiger partial charge >= 0.3 is 0 Å². The summed E-state index contributed by atoms with van der Waals surface area (Å²) < 4.78 is 10.7. The zero-order valence-corrected chi connectivity index (χ0v) is 13.5. The topological polar surface area (TPSA) is 85.4 Å². The molecule has 0 saturated carbocycles. The Bertz CT molecular complexity index is 684. The second-order valence-corrected chi connectivity index (χ2v) is 5.50. The summed E-state index contributed by atoms with van der Waals surface area (Å²) in [6.07, 6.45) is 5.36. The Kier molecular flexibility index (Phi) is 5.22. The highest BCUT2D eigenvalue weighted by Crippen LogP contribution is 2.17. The summed E-state index contributed by atoms with van der Waals surface area (Å²) in [5, 5.41) is 5.91. The summed E-state index contributed by atoms with van der Waals surface area (Å²) in [7, 11) is 1.58. The molecule has 1 saturated heterocycles. The van der Waals surface area contributed by atoms with Crippen molar-refractivity contribution in [1.29, 1.82) is 0 Å². The molecule has 0 aliphatic carbocycles. The van der Waals surface area contributed by atoms with Crippen LogP contribution in [0.25, 0.3) is 0 Å². The Morgan fingerprint density at radius 1 is 1.38 bits per heavy atom. The number of methoxy groups -OCH3 is 1. The van der Waals surface area contributed by atoms with Crippen molar-refractivity contribution in [3.8, 4) is 5.75 Å². The highest BCUT2D eigenvalue weighted by atomic mass is 16.5. The summed E-state index contributed by atoms with van der Waals surface area (Å²) in [6, 6.07) is 7.16. The van der Waals surface area contributed by atoms with Gasteiger partial charge in [-0.15, -0.1) is 0 Å². The second kappa shape index (κ2) is 7.74. The van der Waals surface area contributed by atoms with Crippen LogP contribution in [-0.4, -0.2) is 42.2 Å². The molecule has 126 valence electrons. The molecule has 1 fully saturated rings. The van der Waals surface area contributed by atoms with Gasteiger partial charge in [-0.25, -0.2) is 9.97 Å². The van der Waals surface area contributed by atoms with Crippen molar-refractivity contribution in [2.45, 2.75) is 18.9 Å². The maximum atomic E-state index is 12.2. The van der Waals surface area contributed by atoms with E-state index in [1.54, 1.807) is 19.2 Å². The van der Waals surface area contributed by atoms with Gasteiger partial charge in [0.25, 0.3) is 5.91 Å². The molecular formula is C17H20N4O3. The molecule has 2 heterocycles. The van der Waals surface area contributed by atoms with Crippen molar-refractivity contribution < 1.29 is 14.3 Å². The molecule has 0 radical (unpaired) electrons. The third kappa shape index (κ3) is 4.20. The number of carbonyl (C=O) groups excluding carboxylic acids is 1. The molecule has 1 aliphatic rings. The highest BCUT2D eigenvalue weighted by molar-refractivity contribution is 6.03. The SMILES string of the molecule is COc1cccc(NC(=O)c2cnc(NCC3CCCO3)nc2)c1. The van der Waals surface area contributed by atoms with Crippen molar-refractivity contribution in [2.75, 3.05) is 30.9 Å². The minimum atomic E-state index is -0.270. The Morgan fingerprint density at radius 2 is 2.21 bits per heavy atom. The fourth-order valence-corrected chi connectivity index (χ4v) is 2.45. The van der Waals surface area contributed by atoms with Crippen LogP contribution in [0.1, 0.15) is 23.2 Å². The number of nitrogens with zero attached hydrogens (tertiary/aromatic N) is 2. The summed E-state index contributed by atoms with van der Waals surface area (Å²) in [6.45, 7) is 1.49. The lowest BCUT2D eigenvalue weighted by Crippen LogP contribution is -2.20. The Balaban J connectivity index is 1.56. The van der Waals surface area contributed by atoms with Gasteiger partial charge in [0.15, 0.2) is 0 Å². The van der Waals surface area contributed by atoms with E-state index in [0.29, 0.717) is 29.5 Å². The van der Waals surface area contributed by atoms with E-state index in [1.165, 1.54) is 12.4 Å². The molecule has 2 N–H and O–H groups in total. The van der Waals surface area contributed by atoms with Crippen LogP contribution < -0.4 is 15.4 Å². The van der Waals surface area contributed by atoms with E-state index in [9.17, 15) is 4.79 Å². The van der Waals surface area contributed by atoms with Crippen molar-refractivity contribution in [3.63, 3.8) is 0 Å². The molecule has 1 atom stereocenters. The number of benzene rings is 1. The quantitative estimate of drug-likeness (QED) is 0.846. The van der Waals surface area contributed by atoms with Gasteiger partial charge in [0.2, 0.25) is 5.95 Å². The number of amides is 1. The van der Waals surface area contributed by atoms with Crippen LogP contribution in [0.2, 0.25) is 0 Å². The molecular weight excluding hydrogens is 308 g/mol. The van der Waals surface area contributed by atoms with Crippen LogP contribution in [0.15, 0.2) is 36.7 Å². The zero-order chi connectivity index (χ0) is 16.8. The first-order chi connectivity index (χ1) is 11.7. The van der Waals surface area contributed by atoms with Gasteiger partial charge in [-0.2, -0.15) is 0 Å². The van der Waals surface area contributed by atoms with Crippen LogP contribution in [-0.2, 0) is 4.74 Å². The van der Waals surface area contributed by atoms with Crippen LogP contribution in [0, 0.1) is 0 Å². The number of hydrogen-bond acceptors (Lipinski definition) is 6. The Morgan fingerprint density at radius 3 is 2.92 bits per heavy atom. The van der Waals surface area contributed by atoms with Gasteiger partial charge in [-0.1, -0.05) is 6.07 Å². The molecule has 2 aromatic rings. The largest absolute Gasteiger partial charge is 0.497 e. The Labute approximate surface area is 140 Å². The molecule has 1 aromatic carbocycles. The number of aromatic nitrogens is 2. The first-order valence-corrected chi connectivity index (χ1v) is 7.87. The molecule has 1 aromatic heterocycles. The second-order valence-electron chi connectivity index (χ2n) is 5.50. The molecule has 1 unspecified atom stereocenters. The van der Waals surface area contributed by atoms with Crippen molar-refractivity contribution in [3.05, 3.63) is 42.2 Å². The fourth-order valence-electron chi connectivity index (χ4n) is 2.45. The third-order valence-electron chi connectivity index (χ3n) is 3.75. The van der Waals surface area contributed by atoms with Gasteiger partial charge in [0.1, 0.15) is 5.75 Å². The van der Waals surface area contributed by atoms with Crippen LogP contribution in [0.4, 0.5) is 11.6 Å². The van der Waals surface area contributed by atoms with Gasteiger partial charge in [-0.3, -0.25) is 4.79 Å². The molecule has 24 heavy (non-hydrogen) atoms. The van der Waals surface area contributed by atoms with Gasteiger partial charge < -0.3 is 20.1 Å². The minimum absolute atomic E-state index is 0.213. The summed E-state index contributed by atoms with van der Waals surface area (Å²) in [5.74, 6) is 0.898. The first kappa shape index (κ1) is 16.2. The van der Waals surface area contributed by atoms with E-state index in [0.717, 1.165) is 19.4 Å². The average molecular weight is 328 g/mol. The van der Waals surface area contributed by atoms with Crippen molar-refractivity contribution >= 4 is 17.5 Å². The standard InChI is InChI=1S/C17H20N4O3/c1-23-14-5-2-4-13(8-14)21-16(22)12-9-18-17(19-10-12)20-11-15-6-3-7-24-15/h2,4-5,8-10,15H,3,6-7,11H2,1H3,(H,21,22)(H,18,19,20). The van der Waals surface area contributed by atoms with Gasteiger partial charge in [-0.05, 0) is 25.0 Å². The van der Waals surface area contributed by atoms with E-state index in [1.807, 2.05) is 12.1 Å². The van der Waals surface area contributed by atoms with Crippen molar-refractivity contribution in [2.24, 2.45) is 0 Å². The van der Waals surface area contributed by atoms with Crippen LogP contribution in [0.3, 0.4) is 0 Å². The summed E-state index contributed by atoms with van der Waals surface area (Å²) >= 11 is 0. The lowest BCUT2D eigenvalue weighted by Gasteiger charge is -2.10. The molecule has 7 nitrogen and oxygen atoms in total. The van der Waals surface area contributed by atoms with E-state index in [4.69, 9.17) is 9.47 Å². The monoisotopic (exact) mass is 328 g/mol. The van der Waals surface area contributed by atoms with E-state index in [-0.39, 0.29) is 12.0 Å². The number of rotatable bonds is 6. The van der Waals surface area contributed by atoms with E-state index in [2.05, 4.69) is 20.6 Å². The smallest absolute Gasteiger partial charge is 0.258 e. The number of carbonyl (C=O) groups is 1. The molecule has 0 spiro atoms. The average Bonchev–Trinajstić information content (AvgIpc) is 3.14. The zero-order valence-electron chi connectivity index (χ0n) is 13.5. The normalized spacial score (nSPS) is 16.6. The fraction of sp³-hybridized carbons (Fsp3) is 0.353. The number of ether oxygens (including phenoxy) is 2. The summed E-state index contributed by atoms with van der Waals surface area (Å²) in [5.41, 5.74) is 1.04. The summed E-state index contributed by atoms with van der Waals surface area (Å²) in [4.78, 5) is 20.6. The maximum Gasteiger partial charge on any atom is 0.258 e.